The molecule has 2 N–H and O–H groups in total. The van der Waals surface area contributed by atoms with Gasteiger partial charge in [-0.05, 0) is 6.92 Å². The van der Waals surface area contributed by atoms with Crippen molar-refractivity contribution in [2.24, 2.45) is 0 Å². The minimum atomic E-state index is -0.413. The van der Waals surface area contributed by atoms with E-state index < -0.39 is 6.01 Å². The van der Waals surface area contributed by atoms with Crippen molar-refractivity contribution in [2.45, 2.75) is 19.6 Å². The molecule has 0 aliphatic carbocycles. The number of aromatic nitrogens is 2. The van der Waals surface area contributed by atoms with E-state index >= 15 is 0 Å². The van der Waals surface area contributed by atoms with Gasteiger partial charge in [-0.1, -0.05) is 0 Å². The molecule has 0 bridgehead atoms. The SMILES string of the molecule is C[C@@H]1OCc2c(O)nc(O)nc21. The Labute approximate surface area is 68.7 Å². The van der Waals surface area contributed by atoms with Gasteiger partial charge in [0.2, 0.25) is 5.88 Å². The molecule has 0 radical (unpaired) electrons. The van der Waals surface area contributed by atoms with Crippen molar-refractivity contribution in [3.8, 4) is 11.9 Å². The third-order valence-corrected chi connectivity index (χ3v) is 1.87. The fraction of sp³-hybridized carbons (Fsp3) is 0.429. The van der Waals surface area contributed by atoms with Gasteiger partial charge in [-0.25, -0.2) is 0 Å². The zero-order chi connectivity index (χ0) is 8.72. The van der Waals surface area contributed by atoms with Gasteiger partial charge in [-0.2, -0.15) is 9.97 Å². The van der Waals surface area contributed by atoms with Crippen LogP contribution in [0.5, 0.6) is 11.9 Å². The van der Waals surface area contributed by atoms with Crippen LogP contribution in [0.3, 0.4) is 0 Å². The van der Waals surface area contributed by atoms with Gasteiger partial charge in [-0.15, -0.1) is 0 Å². The van der Waals surface area contributed by atoms with E-state index in [9.17, 15) is 5.11 Å². The zero-order valence-corrected chi connectivity index (χ0v) is 6.48. The van der Waals surface area contributed by atoms with Crippen LogP contribution in [-0.4, -0.2) is 20.2 Å². The third kappa shape index (κ3) is 0.902. The molecule has 1 aliphatic heterocycles. The largest absolute Gasteiger partial charge is 0.493 e. The van der Waals surface area contributed by atoms with E-state index in [4.69, 9.17) is 9.84 Å². The lowest BCUT2D eigenvalue weighted by Crippen LogP contribution is -1.94. The Morgan fingerprint density at radius 2 is 2.17 bits per heavy atom. The van der Waals surface area contributed by atoms with Crippen LogP contribution in [0.1, 0.15) is 24.3 Å². The fourth-order valence-corrected chi connectivity index (χ4v) is 1.24. The summed E-state index contributed by atoms with van der Waals surface area (Å²) in [6, 6.07) is -0.413. The molecule has 0 saturated carbocycles. The Morgan fingerprint density at radius 3 is 2.92 bits per heavy atom. The first-order valence-electron chi connectivity index (χ1n) is 3.59. The topological polar surface area (TPSA) is 75.5 Å². The Morgan fingerprint density at radius 1 is 1.42 bits per heavy atom. The van der Waals surface area contributed by atoms with Crippen molar-refractivity contribution in [3.05, 3.63) is 11.3 Å². The molecule has 5 nitrogen and oxygen atoms in total. The lowest BCUT2D eigenvalue weighted by atomic mass is 10.2. The molecule has 5 heteroatoms. The number of hydrogen-bond acceptors (Lipinski definition) is 5. The lowest BCUT2D eigenvalue weighted by Gasteiger charge is -2.01. The first kappa shape index (κ1) is 7.30. The monoisotopic (exact) mass is 168 g/mol. The van der Waals surface area contributed by atoms with Gasteiger partial charge in [0, 0.05) is 0 Å². The fourth-order valence-electron chi connectivity index (χ4n) is 1.24. The maximum atomic E-state index is 9.24. The van der Waals surface area contributed by atoms with E-state index in [1.54, 1.807) is 6.92 Å². The van der Waals surface area contributed by atoms with Crippen LogP contribution >= 0.6 is 0 Å². The zero-order valence-electron chi connectivity index (χ0n) is 6.48. The normalized spacial score (nSPS) is 20.9. The summed E-state index contributed by atoms with van der Waals surface area (Å²) in [5, 5.41) is 18.2. The van der Waals surface area contributed by atoms with Gasteiger partial charge in [0.25, 0.3) is 0 Å². The third-order valence-electron chi connectivity index (χ3n) is 1.87. The van der Waals surface area contributed by atoms with Crippen molar-refractivity contribution < 1.29 is 14.9 Å². The Kier molecular flexibility index (Phi) is 1.41. The molecule has 2 rings (SSSR count). The quantitative estimate of drug-likeness (QED) is 0.589. The number of rotatable bonds is 0. The first-order chi connectivity index (χ1) is 5.68. The van der Waals surface area contributed by atoms with Gasteiger partial charge in [0.15, 0.2) is 0 Å². The van der Waals surface area contributed by atoms with E-state index in [0.29, 0.717) is 17.9 Å². The van der Waals surface area contributed by atoms with E-state index in [2.05, 4.69) is 9.97 Å². The summed E-state index contributed by atoms with van der Waals surface area (Å²) in [5.74, 6) is -0.193. The molecular formula is C7H8N2O3. The smallest absolute Gasteiger partial charge is 0.317 e. The molecule has 0 aromatic carbocycles. The van der Waals surface area contributed by atoms with Gasteiger partial charge in [0.05, 0.1) is 24.0 Å². The van der Waals surface area contributed by atoms with Crippen molar-refractivity contribution in [2.75, 3.05) is 0 Å². The van der Waals surface area contributed by atoms with Crippen LogP contribution in [0.25, 0.3) is 0 Å². The average molecular weight is 168 g/mol. The van der Waals surface area contributed by atoms with Crippen molar-refractivity contribution >= 4 is 0 Å². The average Bonchev–Trinajstić information content (AvgIpc) is 2.33. The molecule has 12 heavy (non-hydrogen) atoms. The van der Waals surface area contributed by atoms with E-state index in [-0.39, 0.29) is 12.0 Å². The second-order valence-electron chi connectivity index (χ2n) is 2.66. The Hall–Kier alpha value is -1.36. The summed E-state index contributed by atoms with van der Waals surface area (Å²) in [7, 11) is 0. The Balaban J connectivity index is 2.60. The van der Waals surface area contributed by atoms with Gasteiger partial charge >= 0.3 is 6.01 Å². The number of hydrogen-bond donors (Lipinski definition) is 2. The number of ether oxygens (including phenoxy) is 1. The molecule has 0 amide bonds. The molecule has 0 unspecified atom stereocenters. The van der Waals surface area contributed by atoms with Crippen molar-refractivity contribution in [3.63, 3.8) is 0 Å². The highest BCUT2D eigenvalue weighted by atomic mass is 16.5. The minimum Gasteiger partial charge on any atom is -0.493 e. The molecule has 2 heterocycles. The molecule has 1 aromatic heterocycles. The standard InChI is InChI=1S/C7H8N2O3/c1-3-5-4(2-12-3)6(10)9-7(11)8-5/h3H,2H2,1H3,(H2,8,9,10,11)/t3-/m0/s1. The predicted molar refractivity (Wildman–Crippen MR) is 38.6 cm³/mol. The van der Waals surface area contributed by atoms with Gasteiger partial charge in [0.1, 0.15) is 0 Å². The highest BCUT2D eigenvalue weighted by molar-refractivity contribution is 5.33. The van der Waals surface area contributed by atoms with E-state index in [1.165, 1.54) is 0 Å². The summed E-state index contributed by atoms with van der Waals surface area (Å²) in [4.78, 5) is 7.15. The van der Waals surface area contributed by atoms with E-state index in [1.807, 2.05) is 0 Å². The molecule has 0 spiro atoms. The maximum Gasteiger partial charge on any atom is 0.317 e. The van der Waals surface area contributed by atoms with Crippen LogP contribution in [0.2, 0.25) is 0 Å². The van der Waals surface area contributed by atoms with E-state index in [0.717, 1.165) is 0 Å². The summed E-state index contributed by atoms with van der Waals surface area (Å²) < 4.78 is 5.19. The molecule has 1 aliphatic rings. The van der Waals surface area contributed by atoms with Crippen LogP contribution in [0.15, 0.2) is 0 Å². The first-order valence-corrected chi connectivity index (χ1v) is 3.59. The van der Waals surface area contributed by atoms with Crippen molar-refractivity contribution in [1.29, 1.82) is 0 Å². The summed E-state index contributed by atoms with van der Waals surface area (Å²) in [6.45, 7) is 2.11. The summed E-state index contributed by atoms with van der Waals surface area (Å²) in [6.07, 6.45) is -0.181. The molecule has 64 valence electrons. The van der Waals surface area contributed by atoms with Crippen LogP contribution in [0, 0.1) is 0 Å². The second-order valence-corrected chi connectivity index (χ2v) is 2.66. The number of aromatic hydroxyl groups is 2. The number of fused-ring (bicyclic) bond motifs is 1. The molecule has 0 fully saturated rings. The Bertz CT molecular complexity index is 327. The molecule has 1 atom stereocenters. The maximum absolute atomic E-state index is 9.24. The second kappa shape index (κ2) is 2.31. The number of nitrogens with zero attached hydrogens (tertiary/aromatic N) is 2. The highest BCUT2D eigenvalue weighted by Gasteiger charge is 2.25. The minimum absolute atomic E-state index is 0.181. The van der Waals surface area contributed by atoms with Crippen molar-refractivity contribution in [1.82, 2.24) is 9.97 Å². The highest BCUT2D eigenvalue weighted by Crippen LogP contribution is 2.33. The molecular weight excluding hydrogens is 160 g/mol. The summed E-state index contributed by atoms with van der Waals surface area (Å²) in [5.41, 5.74) is 1.14. The van der Waals surface area contributed by atoms with Crippen LogP contribution in [-0.2, 0) is 11.3 Å². The summed E-state index contributed by atoms with van der Waals surface area (Å²) >= 11 is 0. The molecule has 0 saturated heterocycles. The van der Waals surface area contributed by atoms with Crippen LogP contribution in [0.4, 0.5) is 0 Å². The molecule has 1 aromatic rings. The van der Waals surface area contributed by atoms with Gasteiger partial charge < -0.3 is 14.9 Å². The van der Waals surface area contributed by atoms with Crippen LogP contribution < -0.4 is 0 Å². The predicted octanol–water partition coefficient (Wildman–Crippen LogP) is 0.479. The lowest BCUT2D eigenvalue weighted by molar-refractivity contribution is 0.0772. The van der Waals surface area contributed by atoms with Gasteiger partial charge in [-0.3, -0.25) is 0 Å².